The minimum Gasteiger partial charge on any atom is -0.481 e. The Morgan fingerprint density at radius 1 is 1.06 bits per heavy atom. The first-order valence-corrected chi connectivity index (χ1v) is 11.2. The number of nitrogens with zero attached hydrogens (tertiary/aromatic N) is 2. The number of nitrogens with two attached hydrogens (primary N) is 2. The van der Waals surface area contributed by atoms with E-state index in [0.29, 0.717) is 32.2 Å². The number of guanidine groups is 1. The molecule has 9 N–H and O–H groups in total. The zero-order valence-corrected chi connectivity index (χ0v) is 18.9. The number of rotatable bonds is 12. The molecule has 2 rings (SSSR count). The van der Waals surface area contributed by atoms with Crippen LogP contribution in [0.1, 0.15) is 44.9 Å². The van der Waals surface area contributed by atoms with Gasteiger partial charge in [0.1, 0.15) is 18.1 Å². The molecule has 0 saturated carbocycles. The lowest BCUT2D eigenvalue weighted by Crippen LogP contribution is -2.57. The van der Waals surface area contributed by atoms with Crippen molar-refractivity contribution >= 4 is 35.6 Å². The molecule has 2 saturated heterocycles. The second-order valence-corrected chi connectivity index (χ2v) is 8.35. The van der Waals surface area contributed by atoms with Gasteiger partial charge in [-0.25, -0.2) is 4.79 Å². The van der Waals surface area contributed by atoms with Crippen molar-refractivity contribution in [2.24, 2.45) is 16.5 Å². The molecule has 2 heterocycles. The van der Waals surface area contributed by atoms with Crippen LogP contribution in [-0.4, -0.2) is 94.5 Å². The van der Waals surface area contributed by atoms with Crippen molar-refractivity contribution in [2.75, 3.05) is 19.6 Å². The third-order valence-electron chi connectivity index (χ3n) is 5.77. The van der Waals surface area contributed by atoms with E-state index >= 15 is 0 Å². The molecule has 0 bridgehead atoms. The minimum atomic E-state index is -1.41. The molecule has 0 spiro atoms. The number of carbonyl (C=O) groups is 5. The number of carboxylic acid groups (broad SMARTS) is 2. The molecular formula is C20H33N7O7. The standard InChI is InChI=1S/C20H33N7O7/c21-20(22)24-8-2-5-12(18(32)27-9-3-6-14(27)19(33)34)25-17(31)13(10-15(28)29)26-16(30)11-4-1-7-23-11/h11-14,23H,1-10H2,(H,25,31)(H,26,30)(H,28,29)(H,33,34)(H4,21,22,24). The fourth-order valence-electron chi connectivity index (χ4n) is 4.09. The minimum absolute atomic E-state index is 0.0854. The molecule has 190 valence electrons. The van der Waals surface area contributed by atoms with E-state index in [2.05, 4.69) is 20.9 Å². The Morgan fingerprint density at radius 2 is 1.79 bits per heavy atom. The number of nitrogens with one attached hydrogen (secondary N) is 3. The third-order valence-corrected chi connectivity index (χ3v) is 5.77. The summed E-state index contributed by atoms with van der Waals surface area (Å²) in [6.07, 6.45) is 1.84. The number of hydrogen-bond donors (Lipinski definition) is 7. The van der Waals surface area contributed by atoms with Gasteiger partial charge in [-0.3, -0.25) is 24.2 Å². The van der Waals surface area contributed by atoms with E-state index in [1.165, 1.54) is 4.90 Å². The Bertz CT molecular complexity index is 809. The number of hydrogen-bond acceptors (Lipinski definition) is 7. The van der Waals surface area contributed by atoms with Crippen LogP contribution in [0.15, 0.2) is 4.99 Å². The van der Waals surface area contributed by atoms with Crippen molar-refractivity contribution < 1.29 is 34.2 Å². The van der Waals surface area contributed by atoms with Gasteiger partial charge in [0, 0.05) is 13.1 Å². The number of carbonyl (C=O) groups excluding carboxylic acids is 3. The smallest absolute Gasteiger partial charge is 0.326 e. The van der Waals surface area contributed by atoms with E-state index in [1.54, 1.807) is 0 Å². The van der Waals surface area contributed by atoms with Crippen LogP contribution in [0.2, 0.25) is 0 Å². The molecule has 4 atom stereocenters. The Morgan fingerprint density at radius 3 is 2.38 bits per heavy atom. The van der Waals surface area contributed by atoms with E-state index in [9.17, 15) is 34.2 Å². The van der Waals surface area contributed by atoms with Crippen LogP contribution in [0.3, 0.4) is 0 Å². The first kappa shape index (κ1) is 26.8. The molecule has 14 nitrogen and oxygen atoms in total. The molecule has 0 aromatic heterocycles. The Labute approximate surface area is 196 Å². The molecule has 4 unspecified atom stereocenters. The lowest BCUT2D eigenvalue weighted by atomic mass is 10.1. The fourth-order valence-corrected chi connectivity index (χ4v) is 4.09. The molecule has 0 aliphatic carbocycles. The third kappa shape index (κ3) is 7.86. The highest BCUT2D eigenvalue weighted by atomic mass is 16.4. The van der Waals surface area contributed by atoms with Gasteiger partial charge in [-0.1, -0.05) is 0 Å². The SMILES string of the molecule is NC(N)=NCCCC(NC(=O)C(CC(=O)O)NC(=O)C1CCCN1)C(=O)N1CCCC1C(=O)O. The Kier molecular flexibility index (Phi) is 10.0. The van der Waals surface area contributed by atoms with Crippen LogP contribution in [-0.2, 0) is 24.0 Å². The predicted molar refractivity (Wildman–Crippen MR) is 119 cm³/mol. The number of aliphatic imine (C=N–C) groups is 1. The maximum Gasteiger partial charge on any atom is 0.326 e. The highest BCUT2D eigenvalue weighted by Crippen LogP contribution is 2.20. The van der Waals surface area contributed by atoms with Gasteiger partial charge < -0.3 is 42.5 Å². The summed E-state index contributed by atoms with van der Waals surface area (Å²) >= 11 is 0. The van der Waals surface area contributed by atoms with Crippen molar-refractivity contribution in [3.63, 3.8) is 0 Å². The van der Waals surface area contributed by atoms with Gasteiger partial charge in [-0.05, 0) is 45.1 Å². The summed E-state index contributed by atoms with van der Waals surface area (Å²) in [5.74, 6) is -4.53. The van der Waals surface area contributed by atoms with Gasteiger partial charge >= 0.3 is 11.9 Å². The van der Waals surface area contributed by atoms with Crippen molar-refractivity contribution in [2.45, 2.75) is 69.1 Å². The first-order chi connectivity index (χ1) is 16.1. The van der Waals surface area contributed by atoms with Crippen LogP contribution in [0, 0.1) is 0 Å². The predicted octanol–water partition coefficient (Wildman–Crippen LogP) is -2.69. The molecular weight excluding hydrogens is 450 g/mol. The van der Waals surface area contributed by atoms with Crippen molar-refractivity contribution in [3.05, 3.63) is 0 Å². The summed E-state index contributed by atoms with van der Waals surface area (Å²) in [4.78, 5) is 66.4. The van der Waals surface area contributed by atoms with Crippen molar-refractivity contribution in [1.82, 2.24) is 20.9 Å². The van der Waals surface area contributed by atoms with Gasteiger partial charge in [0.15, 0.2) is 5.96 Å². The summed E-state index contributed by atoms with van der Waals surface area (Å²) in [7, 11) is 0. The monoisotopic (exact) mass is 483 g/mol. The second-order valence-electron chi connectivity index (χ2n) is 8.35. The highest BCUT2D eigenvalue weighted by molar-refractivity contribution is 5.95. The topological polar surface area (TPSA) is 230 Å². The molecule has 2 aliphatic rings. The highest BCUT2D eigenvalue weighted by Gasteiger charge is 2.38. The van der Waals surface area contributed by atoms with Gasteiger partial charge in [0.25, 0.3) is 0 Å². The molecule has 2 aliphatic heterocycles. The number of carboxylic acids is 2. The summed E-state index contributed by atoms with van der Waals surface area (Å²) < 4.78 is 0. The molecule has 34 heavy (non-hydrogen) atoms. The van der Waals surface area contributed by atoms with E-state index in [1.807, 2.05) is 0 Å². The second kappa shape index (κ2) is 12.7. The molecule has 3 amide bonds. The quantitative estimate of drug-likeness (QED) is 0.0863. The van der Waals surface area contributed by atoms with Gasteiger partial charge in [0.2, 0.25) is 17.7 Å². The fraction of sp³-hybridized carbons (Fsp3) is 0.700. The van der Waals surface area contributed by atoms with E-state index in [-0.39, 0.29) is 25.5 Å². The summed E-state index contributed by atoms with van der Waals surface area (Å²) in [5, 5.41) is 26.6. The summed E-state index contributed by atoms with van der Waals surface area (Å²) in [6, 6.07) is -4.08. The zero-order valence-electron chi connectivity index (χ0n) is 18.9. The summed E-state index contributed by atoms with van der Waals surface area (Å²) in [5.41, 5.74) is 10.6. The van der Waals surface area contributed by atoms with Crippen molar-refractivity contribution in [3.8, 4) is 0 Å². The molecule has 0 aromatic rings. The maximum atomic E-state index is 13.1. The van der Waals surface area contributed by atoms with Crippen LogP contribution in [0.25, 0.3) is 0 Å². The Hall–Kier alpha value is -3.42. The molecule has 0 radical (unpaired) electrons. The average Bonchev–Trinajstić information content (AvgIpc) is 3.46. The van der Waals surface area contributed by atoms with Crippen LogP contribution in [0.4, 0.5) is 0 Å². The summed E-state index contributed by atoms with van der Waals surface area (Å²) in [6.45, 7) is 1.03. The maximum absolute atomic E-state index is 13.1. The van der Waals surface area contributed by atoms with Gasteiger partial charge in [0.05, 0.1) is 12.5 Å². The van der Waals surface area contributed by atoms with E-state index in [4.69, 9.17) is 11.5 Å². The number of aliphatic carboxylic acids is 2. The lowest BCUT2D eigenvalue weighted by Gasteiger charge is -2.28. The van der Waals surface area contributed by atoms with Crippen LogP contribution in [0.5, 0.6) is 0 Å². The Balaban J connectivity index is 2.14. The largest absolute Gasteiger partial charge is 0.481 e. The van der Waals surface area contributed by atoms with Crippen molar-refractivity contribution in [1.29, 1.82) is 0 Å². The zero-order chi connectivity index (χ0) is 25.3. The number of likely N-dealkylation sites (tertiary alicyclic amines) is 1. The lowest BCUT2D eigenvalue weighted by molar-refractivity contribution is -0.149. The normalized spacial score (nSPS) is 21.4. The van der Waals surface area contributed by atoms with Gasteiger partial charge in [-0.2, -0.15) is 0 Å². The van der Waals surface area contributed by atoms with E-state index < -0.39 is 60.2 Å². The first-order valence-electron chi connectivity index (χ1n) is 11.2. The molecule has 14 heteroatoms. The molecule has 2 fully saturated rings. The molecule has 0 aromatic carbocycles. The van der Waals surface area contributed by atoms with Crippen LogP contribution >= 0.6 is 0 Å². The van der Waals surface area contributed by atoms with E-state index in [0.717, 1.165) is 6.42 Å². The average molecular weight is 484 g/mol. The van der Waals surface area contributed by atoms with Crippen LogP contribution < -0.4 is 27.4 Å². The number of amides is 3. The van der Waals surface area contributed by atoms with Gasteiger partial charge in [-0.15, -0.1) is 0 Å².